The third-order valence-electron chi connectivity index (χ3n) is 3.45. The number of nitrogens with zero attached hydrogens (tertiary/aromatic N) is 1. The Morgan fingerprint density at radius 3 is 2.47 bits per heavy atom. The number of allylic oxidation sites excluding steroid dienone is 1. The summed E-state index contributed by atoms with van der Waals surface area (Å²) < 4.78 is 0. The van der Waals surface area contributed by atoms with Gasteiger partial charge in [0.05, 0.1) is 0 Å². The van der Waals surface area contributed by atoms with Crippen molar-refractivity contribution in [2.24, 2.45) is 5.92 Å². The largest absolute Gasteiger partial charge is 0.378 e. The van der Waals surface area contributed by atoms with Crippen LogP contribution in [0.2, 0.25) is 0 Å². The summed E-state index contributed by atoms with van der Waals surface area (Å²) in [6, 6.07) is 0. The lowest BCUT2D eigenvalue weighted by molar-refractivity contribution is 0.307. The van der Waals surface area contributed by atoms with E-state index in [1.54, 1.807) is 0 Å². The van der Waals surface area contributed by atoms with Crippen LogP contribution >= 0.6 is 0 Å². The zero-order valence-electron chi connectivity index (χ0n) is 10.5. The average molecular weight is 209 g/mol. The van der Waals surface area contributed by atoms with Crippen molar-refractivity contribution in [2.45, 2.75) is 58.8 Å². The molecular weight excluding hydrogens is 182 g/mol. The van der Waals surface area contributed by atoms with E-state index in [9.17, 15) is 0 Å². The summed E-state index contributed by atoms with van der Waals surface area (Å²) in [5.41, 5.74) is 0. The van der Waals surface area contributed by atoms with Gasteiger partial charge in [-0.3, -0.25) is 0 Å². The Kier molecular flexibility index (Phi) is 6.54. The number of rotatable bonds is 6. The summed E-state index contributed by atoms with van der Waals surface area (Å²) in [4.78, 5) is 2.49. The number of hydrogen-bond acceptors (Lipinski definition) is 1. The van der Waals surface area contributed by atoms with Gasteiger partial charge in [-0.05, 0) is 37.8 Å². The Hall–Kier alpha value is -0.460. The summed E-state index contributed by atoms with van der Waals surface area (Å²) in [6.45, 7) is 7.16. The van der Waals surface area contributed by atoms with Crippen LogP contribution in [0, 0.1) is 5.92 Å². The van der Waals surface area contributed by atoms with Gasteiger partial charge >= 0.3 is 0 Å². The van der Waals surface area contributed by atoms with Crippen LogP contribution in [0.1, 0.15) is 58.8 Å². The zero-order valence-corrected chi connectivity index (χ0v) is 10.5. The molecule has 1 heterocycles. The maximum absolute atomic E-state index is 2.49. The highest BCUT2D eigenvalue weighted by molar-refractivity contribution is 4.85. The zero-order chi connectivity index (χ0) is 10.9. The second kappa shape index (κ2) is 7.78. The molecule has 1 aliphatic heterocycles. The molecule has 0 aromatic rings. The first kappa shape index (κ1) is 12.6. The molecule has 0 spiro atoms. The molecule has 1 rings (SSSR count). The molecule has 0 aliphatic carbocycles. The van der Waals surface area contributed by atoms with Crippen LogP contribution in [0.5, 0.6) is 0 Å². The fourth-order valence-corrected chi connectivity index (χ4v) is 2.37. The van der Waals surface area contributed by atoms with Crippen LogP contribution in [0.3, 0.4) is 0 Å². The highest BCUT2D eigenvalue weighted by Crippen LogP contribution is 2.16. The van der Waals surface area contributed by atoms with Crippen molar-refractivity contribution in [2.75, 3.05) is 13.1 Å². The van der Waals surface area contributed by atoms with Crippen molar-refractivity contribution in [1.82, 2.24) is 4.90 Å². The number of likely N-dealkylation sites (tertiary alicyclic amines) is 1. The van der Waals surface area contributed by atoms with E-state index in [1.807, 2.05) is 0 Å². The van der Waals surface area contributed by atoms with Crippen LogP contribution < -0.4 is 0 Å². The van der Waals surface area contributed by atoms with Gasteiger partial charge in [0.2, 0.25) is 0 Å². The summed E-state index contributed by atoms with van der Waals surface area (Å²) in [7, 11) is 0. The molecule has 0 amide bonds. The first-order valence-corrected chi connectivity index (χ1v) is 6.77. The smallest absolute Gasteiger partial charge is 0.0172 e. The minimum absolute atomic E-state index is 0.913. The summed E-state index contributed by atoms with van der Waals surface area (Å²) in [6.07, 6.45) is 14.3. The maximum Gasteiger partial charge on any atom is 0.0172 e. The highest BCUT2D eigenvalue weighted by Gasteiger charge is 2.06. The van der Waals surface area contributed by atoms with Crippen molar-refractivity contribution in [3.05, 3.63) is 12.3 Å². The summed E-state index contributed by atoms with van der Waals surface area (Å²) in [5.74, 6) is 0.913. The molecule has 1 fully saturated rings. The average Bonchev–Trinajstić information content (AvgIpc) is 2.29. The van der Waals surface area contributed by atoms with E-state index in [2.05, 4.69) is 31.0 Å². The molecule has 88 valence electrons. The van der Waals surface area contributed by atoms with Crippen LogP contribution in [0.4, 0.5) is 0 Å². The Morgan fingerprint density at radius 1 is 1.13 bits per heavy atom. The lowest BCUT2D eigenvalue weighted by Crippen LogP contribution is -2.24. The lowest BCUT2D eigenvalue weighted by Gasteiger charge is -2.25. The fraction of sp³-hybridized carbons (Fsp3) is 0.857. The van der Waals surface area contributed by atoms with Gasteiger partial charge < -0.3 is 4.90 Å². The Labute approximate surface area is 95.5 Å². The Bertz CT molecular complexity index is 168. The minimum Gasteiger partial charge on any atom is -0.378 e. The SMILES string of the molecule is CCCC(CC)C/C=C/N1CCCCC1. The summed E-state index contributed by atoms with van der Waals surface area (Å²) in [5, 5.41) is 0. The van der Waals surface area contributed by atoms with Crippen LogP contribution in [-0.2, 0) is 0 Å². The van der Waals surface area contributed by atoms with Gasteiger partial charge in [0.1, 0.15) is 0 Å². The molecule has 0 bridgehead atoms. The molecule has 1 unspecified atom stereocenters. The van der Waals surface area contributed by atoms with E-state index < -0.39 is 0 Å². The monoisotopic (exact) mass is 209 g/mol. The number of hydrogen-bond donors (Lipinski definition) is 0. The van der Waals surface area contributed by atoms with Gasteiger partial charge in [0.15, 0.2) is 0 Å². The van der Waals surface area contributed by atoms with E-state index in [0.717, 1.165) is 5.92 Å². The topological polar surface area (TPSA) is 3.24 Å². The molecule has 0 N–H and O–H groups in total. The molecule has 15 heavy (non-hydrogen) atoms. The first-order valence-electron chi connectivity index (χ1n) is 6.77. The van der Waals surface area contributed by atoms with E-state index in [-0.39, 0.29) is 0 Å². The highest BCUT2D eigenvalue weighted by atomic mass is 15.1. The van der Waals surface area contributed by atoms with Crippen LogP contribution in [-0.4, -0.2) is 18.0 Å². The molecule has 1 atom stereocenters. The fourth-order valence-electron chi connectivity index (χ4n) is 2.37. The molecule has 1 aliphatic rings. The van der Waals surface area contributed by atoms with Gasteiger partial charge in [0, 0.05) is 13.1 Å². The van der Waals surface area contributed by atoms with Crippen molar-refractivity contribution in [1.29, 1.82) is 0 Å². The van der Waals surface area contributed by atoms with Crippen molar-refractivity contribution < 1.29 is 0 Å². The normalized spacial score (nSPS) is 19.7. The van der Waals surface area contributed by atoms with Gasteiger partial charge in [0.25, 0.3) is 0 Å². The quantitative estimate of drug-likeness (QED) is 0.633. The number of piperidine rings is 1. The van der Waals surface area contributed by atoms with Crippen LogP contribution in [0.15, 0.2) is 12.3 Å². The van der Waals surface area contributed by atoms with Crippen molar-refractivity contribution in [3.63, 3.8) is 0 Å². The van der Waals surface area contributed by atoms with Gasteiger partial charge in [-0.25, -0.2) is 0 Å². The molecular formula is C14H27N. The van der Waals surface area contributed by atoms with E-state index in [4.69, 9.17) is 0 Å². The van der Waals surface area contributed by atoms with Gasteiger partial charge in [-0.1, -0.05) is 39.2 Å². The molecule has 0 saturated carbocycles. The predicted molar refractivity (Wildman–Crippen MR) is 67.9 cm³/mol. The Balaban J connectivity index is 2.18. The molecule has 0 radical (unpaired) electrons. The molecule has 1 nitrogen and oxygen atoms in total. The van der Waals surface area contributed by atoms with E-state index >= 15 is 0 Å². The van der Waals surface area contributed by atoms with Crippen LogP contribution in [0.25, 0.3) is 0 Å². The standard InChI is InChI=1S/C14H27N/c1-3-9-14(4-2)10-8-13-15-11-6-5-7-12-15/h8,13-14H,3-7,9-12H2,1-2H3/b13-8+. The maximum atomic E-state index is 2.49. The minimum atomic E-state index is 0.913. The van der Waals surface area contributed by atoms with Gasteiger partial charge in [-0.15, -0.1) is 0 Å². The third kappa shape index (κ3) is 5.25. The second-order valence-corrected chi connectivity index (χ2v) is 4.78. The van der Waals surface area contributed by atoms with E-state index in [0.29, 0.717) is 0 Å². The molecule has 0 aromatic heterocycles. The molecule has 1 heteroatoms. The van der Waals surface area contributed by atoms with Crippen molar-refractivity contribution in [3.8, 4) is 0 Å². The second-order valence-electron chi connectivity index (χ2n) is 4.78. The summed E-state index contributed by atoms with van der Waals surface area (Å²) >= 11 is 0. The first-order chi connectivity index (χ1) is 7.36. The molecule has 0 aromatic carbocycles. The predicted octanol–water partition coefficient (Wildman–Crippen LogP) is 4.20. The van der Waals surface area contributed by atoms with Crippen molar-refractivity contribution >= 4 is 0 Å². The lowest BCUT2D eigenvalue weighted by atomic mass is 9.97. The molecule has 1 saturated heterocycles. The van der Waals surface area contributed by atoms with E-state index in [1.165, 1.54) is 58.0 Å². The van der Waals surface area contributed by atoms with Gasteiger partial charge in [-0.2, -0.15) is 0 Å². The third-order valence-corrected chi connectivity index (χ3v) is 3.45. The Morgan fingerprint density at radius 2 is 1.87 bits per heavy atom.